The Bertz CT molecular complexity index is 622. The fraction of sp³-hybridized carbons (Fsp3) is 0.385. The molecule has 0 radical (unpaired) electrons. The average Bonchev–Trinajstić information content (AvgIpc) is 2.47. The van der Waals surface area contributed by atoms with Crippen molar-refractivity contribution in [2.75, 3.05) is 12.4 Å². The third kappa shape index (κ3) is 3.73. The SMILES string of the molecule is COC(=O)[C@@](O)([C@H](Cl)C(=O)Nc1ccc(C)c(F)c1)C(F)(F)F. The summed E-state index contributed by atoms with van der Waals surface area (Å²) < 4.78 is 56.0. The molecule has 10 heteroatoms. The number of carbonyl (C=O) groups excluding carboxylic acids is 2. The third-order valence-electron chi connectivity index (χ3n) is 2.97. The molecule has 2 N–H and O–H groups in total. The summed E-state index contributed by atoms with van der Waals surface area (Å²) >= 11 is 5.34. The highest BCUT2D eigenvalue weighted by Crippen LogP contribution is 2.37. The highest BCUT2D eigenvalue weighted by Gasteiger charge is 2.67. The van der Waals surface area contributed by atoms with E-state index in [-0.39, 0.29) is 11.3 Å². The summed E-state index contributed by atoms with van der Waals surface area (Å²) in [6.07, 6.45) is -5.57. The number of amides is 1. The molecule has 0 saturated carbocycles. The maximum atomic E-state index is 13.3. The van der Waals surface area contributed by atoms with Gasteiger partial charge in [-0.2, -0.15) is 13.2 Å². The molecule has 1 amide bonds. The Morgan fingerprint density at radius 3 is 2.35 bits per heavy atom. The number of aliphatic hydroxyl groups is 1. The molecule has 0 saturated heterocycles. The largest absolute Gasteiger partial charge is 0.467 e. The Balaban J connectivity index is 3.09. The quantitative estimate of drug-likeness (QED) is 0.492. The van der Waals surface area contributed by atoms with Gasteiger partial charge < -0.3 is 15.2 Å². The molecule has 5 nitrogen and oxygen atoms in total. The second-order valence-corrected chi connectivity index (χ2v) is 5.01. The standard InChI is InChI=1S/C13H12ClF4NO4/c1-6-3-4-7(5-8(6)15)19-10(20)9(14)12(22,11(21)23-2)13(16,17)18/h3-5,9,22H,1-2H3,(H,19,20)/t9-,12+/m1/s1. The predicted octanol–water partition coefficient (Wildman–Crippen LogP) is 2.15. The molecule has 1 aromatic carbocycles. The lowest BCUT2D eigenvalue weighted by Gasteiger charge is -2.30. The van der Waals surface area contributed by atoms with Crippen LogP contribution in [0.15, 0.2) is 18.2 Å². The van der Waals surface area contributed by atoms with Gasteiger partial charge in [0.1, 0.15) is 5.82 Å². The van der Waals surface area contributed by atoms with Crippen LogP contribution >= 0.6 is 11.6 Å². The maximum Gasteiger partial charge on any atom is 0.430 e. The first kappa shape index (κ1) is 19.2. The molecule has 0 bridgehead atoms. The monoisotopic (exact) mass is 357 g/mol. The van der Waals surface area contributed by atoms with Crippen LogP contribution in [-0.2, 0) is 14.3 Å². The maximum absolute atomic E-state index is 13.3. The van der Waals surface area contributed by atoms with Gasteiger partial charge in [-0.05, 0) is 24.6 Å². The van der Waals surface area contributed by atoms with Gasteiger partial charge in [-0.15, -0.1) is 11.6 Å². The van der Waals surface area contributed by atoms with Crippen LogP contribution in [0.4, 0.5) is 23.2 Å². The van der Waals surface area contributed by atoms with Crippen molar-refractivity contribution >= 4 is 29.2 Å². The van der Waals surface area contributed by atoms with E-state index in [9.17, 15) is 32.3 Å². The lowest BCUT2D eigenvalue weighted by molar-refractivity contribution is -0.260. The number of anilines is 1. The van der Waals surface area contributed by atoms with E-state index in [1.165, 1.54) is 19.1 Å². The zero-order valence-corrected chi connectivity index (χ0v) is 12.6. The molecule has 1 rings (SSSR count). The van der Waals surface area contributed by atoms with Gasteiger partial charge in [0.05, 0.1) is 7.11 Å². The summed E-state index contributed by atoms with van der Waals surface area (Å²) in [5, 5.41) is 8.70. The van der Waals surface area contributed by atoms with Crippen LogP contribution in [0.25, 0.3) is 0 Å². The van der Waals surface area contributed by atoms with Gasteiger partial charge in [-0.25, -0.2) is 9.18 Å². The Hall–Kier alpha value is -1.87. The molecular weight excluding hydrogens is 346 g/mol. The number of rotatable bonds is 4. The molecule has 0 heterocycles. The van der Waals surface area contributed by atoms with Crippen LogP contribution in [0.5, 0.6) is 0 Å². The number of esters is 1. The summed E-state index contributed by atoms with van der Waals surface area (Å²) in [5.41, 5.74) is -4.21. The number of hydrogen-bond donors (Lipinski definition) is 2. The number of halogens is 5. The summed E-state index contributed by atoms with van der Waals surface area (Å²) in [7, 11) is 0.593. The fourth-order valence-corrected chi connectivity index (χ4v) is 1.85. The van der Waals surface area contributed by atoms with Crippen molar-refractivity contribution in [1.29, 1.82) is 0 Å². The highest BCUT2D eigenvalue weighted by molar-refractivity contribution is 6.35. The second-order valence-electron chi connectivity index (χ2n) is 4.57. The van der Waals surface area contributed by atoms with Gasteiger partial charge in [-0.1, -0.05) is 6.07 Å². The normalized spacial score (nSPS) is 15.5. The van der Waals surface area contributed by atoms with E-state index >= 15 is 0 Å². The third-order valence-corrected chi connectivity index (χ3v) is 3.48. The van der Waals surface area contributed by atoms with E-state index in [0.717, 1.165) is 6.07 Å². The topological polar surface area (TPSA) is 75.6 Å². The van der Waals surface area contributed by atoms with Gasteiger partial charge in [0.2, 0.25) is 5.91 Å². The molecule has 0 aliphatic rings. The first-order valence-electron chi connectivity index (χ1n) is 6.03. The average molecular weight is 358 g/mol. The molecule has 2 atom stereocenters. The zero-order valence-electron chi connectivity index (χ0n) is 11.9. The number of carbonyl (C=O) groups is 2. The number of methoxy groups -OCH3 is 1. The molecule has 0 unspecified atom stereocenters. The van der Waals surface area contributed by atoms with Crippen LogP contribution in [-0.4, -0.2) is 41.2 Å². The molecule has 128 valence electrons. The van der Waals surface area contributed by atoms with Crippen molar-refractivity contribution in [2.24, 2.45) is 0 Å². The van der Waals surface area contributed by atoms with Gasteiger partial charge in [0, 0.05) is 5.69 Å². The number of alkyl halides is 4. The van der Waals surface area contributed by atoms with Crippen molar-refractivity contribution in [3.63, 3.8) is 0 Å². The summed E-state index contributed by atoms with van der Waals surface area (Å²) in [6, 6.07) is 3.33. The number of ether oxygens (including phenoxy) is 1. The van der Waals surface area contributed by atoms with Crippen LogP contribution < -0.4 is 5.32 Å². The molecule has 0 aliphatic heterocycles. The lowest BCUT2D eigenvalue weighted by Crippen LogP contribution is -2.62. The van der Waals surface area contributed by atoms with E-state index in [1.54, 1.807) is 0 Å². The predicted molar refractivity (Wildman–Crippen MR) is 72.4 cm³/mol. The van der Waals surface area contributed by atoms with Crippen LogP contribution in [0.2, 0.25) is 0 Å². The minimum absolute atomic E-state index is 0.196. The van der Waals surface area contributed by atoms with Gasteiger partial charge in [-0.3, -0.25) is 4.79 Å². The van der Waals surface area contributed by atoms with Gasteiger partial charge in [0.15, 0.2) is 5.38 Å². The Kier molecular flexibility index (Phi) is 5.60. The van der Waals surface area contributed by atoms with Crippen LogP contribution in [0.3, 0.4) is 0 Å². The molecule has 0 aliphatic carbocycles. The Labute approximate surface area is 133 Å². The summed E-state index contributed by atoms with van der Waals surface area (Å²) in [6.45, 7) is 1.44. The van der Waals surface area contributed by atoms with Gasteiger partial charge in [0.25, 0.3) is 5.60 Å². The highest BCUT2D eigenvalue weighted by atomic mass is 35.5. The number of aryl methyl sites for hydroxylation is 1. The van der Waals surface area contributed by atoms with E-state index in [2.05, 4.69) is 4.74 Å². The smallest absolute Gasteiger partial charge is 0.430 e. The molecule has 23 heavy (non-hydrogen) atoms. The summed E-state index contributed by atoms with van der Waals surface area (Å²) in [5.74, 6) is -4.41. The van der Waals surface area contributed by atoms with Crippen molar-refractivity contribution in [1.82, 2.24) is 0 Å². The minimum Gasteiger partial charge on any atom is -0.467 e. The van der Waals surface area contributed by atoms with E-state index in [1.807, 2.05) is 5.32 Å². The number of benzene rings is 1. The van der Waals surface area contributed by atoms with Gasteiger partial charge >= 0.3 is 12.1 Å². The Morgan fingerprint density at radius 2 is 1.91 bits per heavy atom. The minimum atomic E-state index is -5.57. The van der Waals surface area contributed by atoms with Crippen molar-refractivity contribution in [2.45, 2.75) is 24.1 Å². The number of nitrogens with one attached hydrogen (secondary N) is 1. The second kappa shape index (κ2) is 6.71. The van der Waals surface area contributed by atoms with E-state index < -0.39 is 34.8 Å². The van der Waals surface area contributed by atoms with Crippen molar-refractivity contribution in [3.05, 3.63) is 29.6 Å². The van der Waals surface area contributed by atoms with E-state index in [0.29, 0.717) is 7.11 Å². The van der Waals surface area contributed by atoms with Crippen LogP contribution in [0, 0.1) is 12.7 Å². The number of hydrogen-bond acceptors (Lipinski definition) is 4. The molecule has 0 fully saturated rings. The van der Waals surface area contributed by atoms with E-state index in [4.69, 9.17) is 11.6 Å². The Morgan fingerprint density at radius 1 is 1.35 bits per heavy atom. The molecule has 0 aromatic heterocycles. The first-order valence-corrected chi connectivity index (χ1v) is 6.47. The zero-order chi connectivity index (χ0) is 18.0. The van der Waals surface area contributed by atoms with Crippen molar-refractivity contribution in [3.8, 4) is 0 Å². The lowest BCUT2D eigenvalue weighted by atomic mass is 9.97. The van der Waals surface area contributed by atoms with Crippen molar-refractivity contribution < 1.29 is 37.0 Å². The molecular formula is C13H12ClF4NO4. The fourth-order valence-electron chi connectivity index (χ4n) is 1.58. The summed E-state index contributed by atoms with van der Waals surface area (Å²) in [4.78, 5) is 23.0. The first-order chi connectivity index (χ1) is 10.4. The molecule has 0 spiro atoms. The molecule has 1 aromatic rings. The van der Waals surface area contributed by atoms with Crippen LogP contribution in [0.1, 0.15) is 5.56 Å².